The van der Waals surface area contributed by atoms with Gasteiger partial charge < -0.3 is 18.9 Å². The van der Waals surface area contributed by atoms with Crippen molar-refractivity contribution in [3.8, 4) is 0 Å². The van der Waals surface area contributed by atoms with Crippen LogP contribution in [0.5, 0.6) is 0 Å². The van der Waals surface area contributed by atoms with E-state index in [1.165, 1.54) is 6.92 Å². The van der Waals surface area contributed by atoms with E-state index in [-0.39, 0.29) is 26.4 Å². The van der Waals surface area contributed by atoms with Crippen LogP contribution in [0.2, 0.25) is 0 Å². The normalized spacial score (nSPS) is 12.3. The fraction of sp³-hybridized carbons (Fsp3) is 0.722. The molecule has 0 spiro atoms. The first-order valence-electron chi connectivity index (χ1n) is 8.32. The van der Waals surface area contributed by atoms with Crippen LogP contribution < -0.4 is 0 Å². The van der Waals surface area contributed by atoms with Crippen LogP contribution in [0.15, 0.2) is 12.7 Å². The van der Waals surface area contributed by atoms with Gasteiger partial charge in [0.1, 0.15) is 33.9 Å². The van der Waals surface area contributed by atoms with Crippen molar-refractivity contribution < 1.29 is 33.3 Å². The Morgan fingerprint density at radius 1 is 0.815 bits per heavy atom. The van der Waals surface area contributed by atoms with Gasteiger partial charge in [0.2, 0.25) is 0 Å². The first-order chi connectivity index (χ1) is 12.2. The van der Waals surface area contributed by atoms with E-state index in [2.05, 4.69) is 38.4 Å². The third-order valence-corrected chi connectivity index (χ3v) is 3.85. The fourth-order valence-corrected chi connectivity index (χ4v) is 1.72. The van der Waals surface area contributed by atoms with Crippen LogP contribution in [0.4, 0.5) is 0 Å². The van der Waals surface area contributed by atoms with E-state index < -0.39 is 32.0 Å². The molecule has 0 saturated carbocycles. The summed E-state index contributed by atoms with van der Waals surface area (Å²) in [6.07, 6.45) is 1.58. The number of esters is 3. The highest BCUT2D eigenvalue weighted by atomic mass is 79.9. The molecule has 0 amide bonds. The summed E-state index contributed by atoms with van der Waals surface area (Å²) < 4.78 is 19.0. The van der Waals surface area contributed by atoms with E-state index >= 15 is 0 Å². The second-order valence-electron chi connectivity index (χ2n) is 7.16. The SMILES string of the molecule is C=CCOCCOC(=O)C(C)(COC(=O)C(C)(C)Br)COC(=O)C(C)(C)Br. The summed E-state index contributed by atoms with van der Waals surface area (Å²) in [5, 5.41) is 0. The van der Waals surface area contributed by atoms with E-state index in [0.717, 1.165) is 0 Å². The molecule has 0 saturated heterocycles. The summed E-state index contributed by atoms with van der Waals surface area (Å²) in [6, 6.07) is 0. The molecule has 0 aromatic carbocycles. The average Bonchev–Trinajstić information content (AvgIpc) is 2.55. The second-order valence-corrected chi connectivity index (χ2v) is 11.1. The van der Waals surface area contributed by atoms with Crippen LogP contribution >= 0.6 is 31.9 Å². The van der Waals surface area contributed by atoms with Crippen LogP contribution in [0, 0.1) is 5.41 Å². The van der Waals surface area contributed by atoms with Gasteiger partial charge in [0.25, 0.3) is 0 Å². The Kier molecular flexibility index (Phi) is 10.8. The third-order valence-electron chi connectivity index (χ3n) is 3.20. The summed E-state index contributed by atoms with van der Waals surface area (Å²) in [4.78, 5) is 36.5. The highest BCUT2D eigenvalue weighted by Gasteiger charge is 2.41. The number of rotatable bonds is 12. The first-order valence-corrected chi connectivity index (χ1v) is 9.91. The molecule has 0 heterocycles. The maximum Gasteiger partial charge on any atom is 0.322 e. The van der Waals surface area contributed by atoms with E-state index in [1.807, 2.05) is 0 Å². The summed E-state index contributed by atoms with van der Waals surface area (Å²) >= 11 is 6.39. The van der Waals surface area contributed by atoms with Gasteiger partial charge in [0.05, 0.1) is 13.2 Å². The van der Waals surface area contributed by atoms with E-state index in [4.69, 9.17) is 18.9 Å². The smallest absolute Gasteiger partial charge is 0.322 e. The summed E-state index contributed by atoms with van der Waals surface area (Å²) in [5.74, 6) is -1.77. The van der Waals surface area contributed by atoms with Crippen LogP contribution in [-0.4, -0.2) is 59.6 Å². The molecule has 7 nitrogen and oxygen atoms in total. The van der Waals surface area contributed by atoms with E-state index in [0.29, 0.717) is 6.61 Å². The Balaban J connectivity index is 5.00. The number of hydrogen-bond donors (Lipinski definition) is 0. The molecule has 0 aromatic heterocycles. The van der Waals surface area contributed by atoms with Crippen molar-refractivity contribution in [2.75, 3.05) is 33.0 Å². The maximum absolute atomic E-state index is 12.5. The van der Waals surface area contributed by atoms with Crippen molar-refractivity contribution in [3.63, 3.8) is 0 Å². The molecule has 9 heteroatoms. The minimum absolute atomic E-state index is 0.0119. The molecule has 0 bridgehead atoms. The molecule has 0 radical (unpaired) electrons. The Bertz CT molecular complexity index is 503. The molecule has 0 atom stereocenters. The van der Waals surface area contributed by atoms with Gasteiger partial charge in [0, 0.05) is 0 Å². The molecular formula is C18H28Br2O7. The molecule has 0 aliphatic heterocycles. The van der Waals surface area contributed by atoms with Crippen molar-refractivity contribution in [2.24, 2.45) is 5.41 Å². The van der Waals surface area contributed by atoms with Crippen LogP contribution in [-0.2, 0) is 33.3 Å². The highest BCUT2D eigenvalue weighted by Crippen LogP contribution is 2.25. The minimum Gasteiger partial charge on any atom is -0.463 e. The highest BCUT2D eigenvalue weighted by molar-refractivity contribution is 9.10. The van der Waals surface area contributed by atoms with Gasteiger partial charge in [-0.1, -0.05) is 37.9 Å². The van der Waals surface area contributed by atoms with E-state index in [9.17, 15) is 14.4 Å². The zero-order chi connectivity index (χ0) is 21.3. The molecule has 0 fully saturated rings. The Morgan fingerprint density at radius 3 is 1.63 bits per heavy atom. The summed E-state index contributed by atoms with van der Waals surface area (Å²) in [6.45, 7) is 11.4. The predicted molar refractivity (Wildman–Crippen MR) is 108 cm³/mol. The largest absolute Gasteiger partial charge is 0.463 e. The maximum atomic E-state index is 12.5. The van der Waals surface area contributed by atoms with Gasteiger partial charge in [-0.25, -0.2) is 0 Å². The standard InChI is InChI=1S/C18H28Br2O7/c1-7-8-24-9-10-25-15(23)18(6,11-26-13(21)16(2,3)19)12-27-14(22)17(4,5)20/h7H,1,8-12H2,2-6H3. The van der Waals surface area contributed by atoms with Crippen molar-refractivity contribution in [3.05, 3.63) is 12.7 Å². The summed E-state index contributed by atoms with van der Waals surface area (Å²) in [7, 11) is 0. The van der Waals surface area contributed by atoms with Crippen LogP contribution in [0.1, 0.15) is 34.6 Å². The fourth-order valence-electron chi connectivity index (χ4n) is 1.49. The zero-order valence-corrected chi connectivity index (χ0v) is 19.6. The molecule has 0 unspecified atom stereocenters. The number of alkyl halides is 2. The number of ether oxygens (including phenoxy) is 4. The second kappa shape index (κ2) is 11.2. The number of carbonyl (C=O) groups excluding carboxylic acids is 3. The lowest BCUT2D eigenvalue weighted by Gasteiger charge is -2.28. The molecule has 0 aliphatic rings. The first kappa shape index (κ1) is 26.1. The molecule has 0 aliphatic carbocycles. The van der Waals surface area contributed by atoms with Crippen molar-refractivity contribution in [1.82, 2.24) is 0 Å². The van der Waals surface area contributed by atoms with Crippen molar-refractivity contribution >= 4 is 49.8 Å². The number of halogens is 2. The number of carbonyl (C=O) groups is 3. The Labute approximate surface area is 177 Å². The lowest BCUT2D eigenvalue weighted by atomic mass is 9.93. The molecule has 156 valence electrons. The molecule has 0 rings (SSSR count). The van der Waals surface area contributed by atoms with Crippen molar-refractivity contribution in [1.29, 1.82) is 0 Å². The van der Waals surface area contributed by atoms with Crippen LogP contribution in [0.25, 0.3) is 0 Å². The molecular weight excluding hydrogens is 488 g/mol. The van der Waals surface area contributed by atoms with Crippen molar-refractivity contribution in [2.45, 2.75) is 43.3 Å². The van der Waals surface area contributed by atoms with E-state index in [1.54, 1.807) is 33.8 Å². The zero-order valence-electron chi connectivity index (χ0n) is 16.4. The van der Waals surface area contributed by atoms with Crippen LogP contribution in [0.3, 0.4) is 0 Å². The van der Waals surface area contributed by atoms with Gasteiger partial charge in [-0.15, -0.1) is 6.58 Å². The third kappa shape index (κ3) is 10.3. The topological polar surface area (TPSA) is 88.1 Å². The monoisotopic (exact) mass is 514 g/mol. The number of hydrogen-bond acceptors (Lipinski definition) is 7. The lowest BCUT2D eigenvalue weighted by molar-refractivity contribution is -0.171. The average molecular weight is 516 g/mol. The molecule has 0 aromatic rings. The Hall–Kier alpha value is -0.930. The Morgan fingerprint density at radius 2 is 1.26 bits per heavy atom. The van der Waals surface area contributed by atoms with Gasteiger partial charge in [-0.05, 0) is 34.6 Å². The van der Waals surface area contributed by atoms with Gasteiger partial charge in [0.15, 0.2) is 0 Å². The lowest BCUT2D eigenvalue weighted by Crippen LogP contribution is -2.43. The van der Waals surface area contributed by atoms with Gasteiger partial charge in [-0.3, -0.25) is 14.4 Å². The molecule has 0 N–H and O–H groups in total. The predicted octanol–water partition coefficient (Wildman–Crippen LogP) is 3.17. The van der Waals surface area contributed by atoms with Gasteiger partial charge in [-0.2, -0.15) is 0 Å². The quantitative estimate of drug-likeness (QED) is 0.130. The minimum atomic E-state index is -1.36. The summed E-state index contributed by atoms with van der Waals surface area (Å²) in [5.41, 5.74) is -1.36. The van der Waals surface area contributed by atoms with Gasteiger partial charge >= 0.3 is 17.9 Å². The molecule has 27 heavy (non-hydrogen) atoms.